The van der Waals surface area contributed by atoms with Gasteiger partial charge in [-0.2, -0.15) is 0 Å². The molecule has 152 valence electrons. The van der Waals surface area contributed by atoms with E-state index in [1.807, 2.05) is 6.92 Å². The maximum absolute atomic E-state index is 12.4. The van der Waals surface area contributed by atoms with Crippen LogP contribution >= 0.6 is 11.3 Å². The lowest BCUT2D eigenvalue weighted by Crippen LogP contribution is -2.27. The van der Waals surface area contributed by atoms with Gasteiger partial charge in [-0.3, -0.25) is 9.69 Å². The monoisotopic (exact) mass is 406 g/mol. The van der Waals surface area contributed by atoms with E-state index in [-0.39, 0.29) is 12.5 Å². The minimum atomic E-state index is -0.480. The summed E-state index contributed by atoms with van der Waals surface area (Å²) < 4.78 is 16.3. The number of esters is 1. The van der Waals surface area contributed by atoms with Gasteiger partial charge in [-0.1, -0.05) is 13.3 Å². The van der Waals surface area contributed by atoms with E-state index in [0.29, 0.717) is 41.0 Å². The van der Waals surface area contributed by atoms with Gasteiger partial charge < -0.3 is 14.2 Å². The van der Waals surface area contributed by atoms with E-state index in [4.69, 9.17) is 14.2 Å². The number of methoxy groups -OCH3 is 1. The van der Waals surface area contributed by atoms with Crippen LogP contribution in [0.25, 0.3) is 0 Å². The van der Waals surface area contributed by atoms with Gasteiger partial charge in [0.1, 0.15) is 6.61 Å². The molecule has 0 radical (unpaired) electrons. The number of thiazole rings is 1. The molecular weight excluding hydrogens is 380 g/mol. The molecule has 0 atom stereocenters. The Hall–Kier alpha value is -2.61. The normalized spacial score (nSPS) is 10.4. The third kappa shape index (κ3) is 5.69. The van der Waals surface area contributed by atoms with Crippen molar-refractivity contribution in [1.82, 2.24) is 4.98 Å². The number of anilines is 1. The van der Waals surface area contributed by atoms with Crippen molar-refractivity contribution in [3.8, 4) is 11.5 Å². The van der Waals surface area contributed by atoms with Crippen LogP contribution in [0.15, 0.2) is 23.6 Å². The number of carbonyl (C=O) groups excluding carboxylic acids is 2. The average Bonchev–Trinajstić information content (AvgIpc) is 3.15. The lowest BCUT2D eigenvalue weighted by molar-refractivity contribution is -0.116. The molecule has 0 aliphatic rings. The van der Waals surface area contributed by atoms with E-state index >= 15 is 0 Å². The second kappa shape index (κ2) is 10.7. The molecule has 1 aromatic carbocycles. The fourth-order valence-corrected chi connectivity index (χ4v) is 3.36. The summed E-state index contributed by atoms with van der Waals surface area (Å²) >= 11 is 1.34. The number of rotatable bonds is 10. The predicted molar refractivity (Wildman–Crippen MR) is 108 cm³/mol. The van der Waals surface area contributed by atoms with E-state index in [1.165, 1.54) is 25.4 Å². The van der Waals surface area contributed by atoms with Gasteiger partial charge in [0.2, 0.25) is 5.91 Å². The number of ether oxygens (including phenoxy) is 3. The number of aromatic nitrogens is 1. The average molecular weight is 407 g/mol. The molecule has 1 heterocycles. The first-order valence-electron chi connectivity index (χ1n) is 9.20. The van der Waals surface area contributed by atoms with Gasteiger partial charge in [0.25, 0.3) is 0 Å². The molecule has 28 heavy (non-hydrogen) atoms. The number of carbonyl (C=O) groups is 2. The van der Waals surface area contributed by atoms with Crippen LogP contribution in [0.5, 0.6) is 11.5 Å². The Kier molecular flexibility index (Phi) is 8.25. The summed E-state index contributed by atoms with van der Waals surface area (Å²) in [6, 6.07) is 4.95. The van der Waals surface area contributed by atoms with Crippen LogP contribution in [0.4, 0.5) is 5.13 Å². The van der Waals surface area contributed by atoms with Crippen molar-refractivity contribution in [1.29, 1.82) is 0 Å². The summed E-state index contributed by atoms with van der Waals surface area (Å²) in [5, 5.41) is 2.37. The molecule has 0 spiro atoms. The highest BCUT2D eigenvalue weighted by atomic mass is 32.1. The summed E-state index contributed by atoms with van der Waals surface area (Å²) in [5.41, 5.74) is 0.966. The van der Waals surface area contributed by atoms with Gasteiger partial charge in [0.05, 0.1) is 25.0 Å². The van der Waals surface area contributed by atoms with Crippen molar-refractivity contribution in [2.75, 3.05) is 25.2 Å². The first-order valence-corrected chi connectivity index (χ1v) is 10.1. The molecule has 0 bridgehead atoms. The van der Waals surface area contributed by atoms with Gasteiger partial charge in [-0.25, -0.2) is 9.78 Å². The van der Waals surface area contributed by atoms with Crippen LogP contribution in [0.2, 0.25) is 0 Å². The Morgan fingerprint density at radius 3 is 2.64 bits per heavy atom. The fourth-order valence-electron chi connectivity index (χ4n) is 2.44. The fraction of sp³-hybridized carbons (Fsp3) is 0.450. The number of nitrogens with zero attached hydrogens (tertiary/aromatic N) is 2. The number of benzene rings is 1. The van der Waals surface area contributed by atoms with Crippen molar-refractivity contribution in [2.45, 2.75) is 40.2 Å². The SMILES string of the molecule is CCCCOc1ccc(C(=O)OCc2csc(N(CC)C(C)=O)n2)cc1OC. The van der Waals surface area contributed by atoms with E-state index < -0.39 is 5.97 Å². The van der Waals surface area contributed by atoms with Crippen molar-refractivity contribution in [3.05, 3.63) is 34.8 Å². The van der Waals surface area contributed by atoms with E-state index in [2.05, 4.69) is 11.9 Å². The van der Waals surface area contributed by atoms with E-state index in [9.17, 15) is 9.59 Å². The lowest BCUT2D eigenvalue weighted by atomic mass is 10.2. The molecule has 0 fully saturated rings. The molecular formula is C20H26N2O5S. The maximum atomic E-state index is 12.4. The van der Waals surface area contributed by atoms with Crippen LogP contribution in [-0.4, -0.2) is 37.1 Å². The molecule has 2 rings (SSSR count). The molecule has 8 heteroatoms. The number of hydrogen-bond donors (Lipinski definition) is 0. The molecule has 0 saturated carbocycles. The third-order valence-electron chi connectivity index (χ3n) is 3.97. The topological polar surface area (TPSA) is 78.0 Å². The second-order valence-corrected chi connectivity index (χ2v) is 6.87. The van der Waals surface area contributed by atoms with Gasteiger partial charge in [-0.05, 0) is 31.5 Å². The van der Waals surface area contributed by atoms with Gasteiger partial charge >= 0.3 is 5.97 Å². The number of amides is 1. The highest BCUT2D eigenvalue weighted by Gasteiger charge is 2.16. The van der Waals surface area contributed by atoms with Crippen LogP contribution < -0.4 is 14.4 Å². The van der Waals surface area contributed by atoms with E-state index in [1.54, 1.807) is 28.5 Å². The minimum absolute atomic E-state index is 0.0296. The predicted octanol–water partition coefficient (Wildman–Crippen LogP) is 4.06. The second-order valence-electron chi connectivity index (χ2n) is 6.03. The molecule has 2 aromatic rings. The molecule has 1 amide bonds. The standard InChI is InChI=1S/C20H26N2O5S/c1-5-7-10-26-17-9-8-15(11-18(17)25-4)19(24)27-12-16-13-28-20(21-16)22(6-2)14(3)23/h8-9,11,13H,5-7,10,12H2,1-4H3. The zero-order chi connectivity index (χ0) is 20.5. The molecule has 0 aliphatic carbocycles. The Balaban J connectivity index is 1.99. The summed E-state index contributed by atoms with van der Waals surface area (Å²) in [6.45, 7) is 6.62. The van der Waals surface area contributed by atoms with Crippen molar-refractivity contribution < 1.29 is 23.8 Å². The highest BCUT2D eigenvalue weighted by Crippen LogP contribution is 2.29. The molecule has 1 aromatic heterocycles. The summed E-state index contributed by atoms with van der Waals surface area (Å²) in [7, 11) is 1.53. The Labute approximate surface area is 169 Å². The molecule has 7 nitrogen and oxygen atoms in total. The first-order chi connectivity index (χ1) is 13.5. The Morgan fingerprint density at radius 2 is 2.00 bits per heavy atom. The van der Waals surface area contributed by atoms with Crippen LogP contribution in [0.1, 0.15) is 49.7 Å². The van der Waals surface area contributed by atoms with Crippen LogP contribution in [0.3, 0.4) is 0 Å². The minimum Gasteiger partial charge on any atom is -0.493 e. The number of hydrogen-bond acceptors (Lipinski definition) is 7. The highest BCUT2D eigenvalue weighted by molar-refractivity contribution is 7.14. The molecule has 0 unspecified atom stereocenters. The van der Waals surface area contributed by atoms with Crippen molar-refractivity contribution in [2.24, 2.45) is 0 Å². The third-order valence-corrected chi connectivity index (χ3v) is 4.89. The van der Waals surface area contributed by atoms with Gasteiger partial charge in [-0.15, -0.1) is 11.3 Å². The van der Waals surface area contributed by atoms with Crippen LogP contribution in [0, 0.1) is 0 Å². The summed E-state index contributed by atoms with van der Waals surface area (Å²) in [4.78, 5) is 29.9. The molecule has 0 aliphatic heterocycles. The molecule has 0 saturated heterocycles. The smallest absolute Gasteiger partial charge is 0.338 e. The number of unbranched alkanes of at least 4 members (excludes halogenated alkanes) is 1. The summed E-state index contributed by atoms with van der Waals surface area (Å²) in [5.74, 6) is 0.530. The van der Waals surface area contributed by atoms with Gasteiger partial charge in [0.15, 0.2) is 16.6 Å². The first kappa shape index (κ1) is 21.7. The van der Waals surface area contributed by atoms with Gasteiger partial charge in [0, 0.05) is 18.8 Å². The zero-order valence-electron chi connectivity index (χ0n) is 16.7. The lowest BCUT2D eigenvalue weighted by Gasteiger charge is -2.14. The summed E-state index contributed by atoms with van der Waals surface area (Å²) in [6.07, 6.45) is 1.98. The van der Waals surface area contributed by atoms with Crippen molar-refractivity contribution in [3.63, 3.8) is 0 Å². The van der Waals surface area contributed by atoms with E-state index in [0.717, 1.165) is 12.8 Å². The Morgan fingerprint density at radius 1 is 1.21 bits per heavy atom. The molecule has 0 N–H and O–H groups in total. The van der Waals surface area contributed by atoms with Crippen molar-refractivity contribution >= 4 is 28.3 Å². The zero-order valence-corrected chi connectivity index (χ0v) is 17.5. The maximum Gasteiger partial charge on any atom is 0.338 e. The quantitative estimate of drug-likeness (QED) is 0.437. The van der Waals surface area contributed by atoms with Crippen LogP contribution in [-0.2, 0) is 16.1 Å². The largest absolute Gasteiger partial charge is 0.493 e. The Bertz CT molecular complexity index is 806.